The zero-order chi connectivity index (χ0) is 11.2. The maximum Gasteiger partial charge on any atom is 0.401 e. The Morgan fingerprint density at radius 1 is 1.36 bits per heavy atom. The van der Waals surface area contributed by atoms with Crippen LogP contribution >= 0.6 is 0 Å². The molecule has 0 aliphatic rings. The fraction of sp³-hybridized carbons (Fsp3) is 1.00. The average molecular weight is 212 g/mol. The first kappa shape index (κ1) is 13.7. The summed E-state index contributed by atoms with van der Waals surface area (Å²) in [5, 5.41) is 0. The van der Waals surface area contributed by atoms with Crippen LogP contribution in [0.1, 0.15) is 19.8 Å². The van der Waals surface area contributed by atoms with E-state index in [9.17, 15) is 13.2 Å². The molecule has 1 unspecified atom stereocenters. The highest BCUT2D eigenvalue weighted by Crippen LogP contribution is 2.16. The molecule has 0 saturated heterocycles. The molecule has 2 nitrogen and oxygen atoms in total. The summed E-state index contributed by atoms with van der Waals surface area (Å²) in [6, 6.07) is 0. The zero-order valence-corrected chi connectivity index (χ0v) is 8.77. The molecular weight excluding hydrogens is 193 g/mol. The van der Waals surface area contributed by atoms with Gasteiger partial charge in [-0.25, -0.2) is 0 Å². The van der Waals surface area contributed by atoms with Gasteiger partial charge >= 0.3 is 6.18 Å². The van der Waals surface area contributed by atoms with Crippen LogP contribution in [0.2, 0.25) is 0 Å². The number of nitrogens with zero attached hydrogens (tertiary/aromatic N) is 1. The van der Waals surface area contributed by atoms with Gasteiger partial charge in [0.1, 0.15) is 0 Å². The van der Waals surface area contributed by atoms with Gasteiger partial charge in [0.2, 0.25) is 0 Å². The number of rotatable bonds is 6. The first-order valence-electron chi connectivity index (χ1n) is 4.84. The van der Waals surface area contributed by atoms with Gasteiger partial charge in [0.05, 0.1) is 6.54 Å². The number of alkyl halides is 3. The van der Waals surface area contributed by atoms with Crippen molar-refractivity contribution in [3.63, 3.8) is 0 Å². The Morgan fingerprint density at radius 2 is 1.93 bits per heavy atom. The Bertz CT molecular complexity index is 143. The van der Waals surface area contributed by atoms with Gasteiger partial charge in [-0.1, -0.05) is 13.3 Å². The van der Waals surface area contributed by atoms with Crippen molar-refractivity contribution in [2.24, 2.45) is 11.7 Å². The minimum Gasteiger partial charge on any atom is -0.330 e. The van der Waals surface area contributed by atoms with Crippen molar-refractivity contribution in [3.8, 4) is 0 Å². The molecule has 2 N–H and O–H groups in total. The summed E-state index contributed by atoms with van der Waals surface area (Å²) < 4.78 is 35.8. The minimum absolute atomic E-state index is 0.339. The van der Waals surface area contributed by atoms with Crippen molar-refractivity contribution in [1.82, 2.24) is 4.90 Å². The molecule has 0 rings (SSSR count). The maximum atomic E-state index is 11.9. The maximum absolute atomic E-state index is 11.9. The number of nitrogens with two attached hydrogens (primary N) is 1. The molecule has 0 saturated carbocycles. The smallest absolute Gasteiger partial charge is 0.330 e. The third-order valence-corrected chi connectivity index (χ3v) is 2.28. The first-order chi connectivity index (χ1) is 6.39. The summed E-state index contributed by atoms with van der Waals surface area (Å²) in [4.78, 5) is 1.29. The van der Waals surface area contributed by atoms with Crippen LogP contribution in [0.15, 0.2) is 0 Å². The minimum atomic E-state index is -4.10. The van der Waals surface area contributed by atoms with Crippen LogP contribution in [-0.2, 0) is 0 Å². The Hall–Kier alpha value is -0.290. The highest BCUT2D eigenvalue weighted by atomic mass is 19.4. The normalized spacial score (nSPS) is 14.8. The van der Waals surface area contributed by atoms with E-state index >= 15 is 0 Å². The Kier molecular flexibility index (Phi) is 6.11. The molecule has 14 heavy (non-hydrogen) atoms. The van der Waals surface area contributed by atoms with Gasteiger partial charge in [-0.15, -0.1) is 0 Å². The van der Waals surface area contributed by atoms with E-state index in [0.29, 0.717) is 19.0 Å². The van der Waals surface area contributed by atoms with Crippen molar-refractivity contribution in [2.75, 3.05) is 26.7 Å². The second-order valence-corrected chi connectivity index (χ2v) is 3.65. The summed E-state index contributed by atoms with van der Waals surface area (Å²) >= 11 is 0. The molecule has 0 aliphatic heterocycles. The molecule has 1 atom stereocenters. The Labute approximate surface area is 83.3 Å². The van der Waals surface area contributed by atoms with Crippen molar-refractivity contribution in [1.29, 1.82) is 0 Å². The van der Waals surface area contributed by atoms with Gasteiger partial charge in [-0.3, -0.25) is 4.90 Å². The predicted octanol–water partition coefficient (Wildman–Crippen LogP) is 1.86. The van der Waals surface area contributed by atoms with Crippen LogP contribution in [0.3, 0.4) is 0 Å². The monoisotopic (exact) mass is 212 g/mol. The molecule has 0 aromatic heterocycles. The molecule has 5 heteroatoms. The van der Waals surface area contributed by atoms with Gasteiger partial charge in [-0.05, 0) is 32.5 Å². The quantitative estimate of drug-likeness (QED) is 0.728. The number of halogens is 3. The van der Waals surface area contributed by atoms with E-state index in [-0.39, 0.29) is 0 Å². The summed E-state index contributed by atoms with van der Waals surface area (Å²) in [7, 11) is 1.48. The highest BCUT2D eigenvalue weighted by Gasteiger charge is 2.28. The van der Waals surface area contributed by atoms with E-state index in [1.807, 2.05) is 6.92 Å². The molecular formula is C9H19F3N2. The van der Waals surface area contributed by atoms with E-state index in [4.69, 9.17) is 5.73 Å². The van der Waals surface area contributed by atoms with Gasteiger partial charge in [0.15, 0.2) is 0 Å². The van der Waals surface area contributed by atoms with Gasteiger partial charge in [0, 0.05) is 0 Å². The van der Waals surface area contributed by atoms with Crippen molar-refractivity contribution < 1.29 is 13.2 Å². The topological polar surface area (TPSA) is 29.3 Å². The predicted molar refractivity (Wildman–Crippen MR) is 51.0 cm³/mol. The van der Waals surface area contributed by atoms with Gasteiger partial charge < -0.3 is 5.73 Å². The van der Waals surface area contributed by atoms with Crippen molar-refractivity contribution in [3.05, 3.63) is 0 Å². The van der Waals surface area contributed by atoms with Gasteiger partial charge in [-0.2, -0.15) is 13.2 Å². The Balaban J connectivity index is 3.67. The Morgan fingerprint density at radius 3 is 2.29 bits per heavy atom. The summed E-state index contributed by atoms with van der Waals surface area (Å²) in [6.45, 7) is 2.17. The molecule has 86 valence electrons. The highest BCUT2D eigenvalue weighted by molar-refractivity contribution is 4.63. The molecule has 0 aromatic carbocycles. The lowest BCUT2D eigenvalue weighted by Gasteiger charge is -2.20. The summed E-state index contributed by atoms with van der Waals surface area (Å²) in [5.41, 5.74) is 5.46. The van der Waals surface area contributed by atoms with Crippen LogP contribution in [0, 0.1) is 5.92 Å². The fourth-order valence-electron chi connectivity index (χ4n) is 1.28. The van der Waals surface area contributed by atoms with E-state index in [1.54, 1.807) is 0 Å². The standard InChI is InChI=1S/C9H19F3N2/c1-3-8(6-13)4-5-14(2)7-9(10,11)12/h8H,3-7,13H2,1-2H3. The number of hydrogen-bond donors (Lipinski definition) is 1. The lowest BCUT2D eigenvalue weighted by atomic mass is 10.0. The molecule has 0 fully saturated rings. The van der Waals surface area contributed by atoms with Crippen molar-refractivity contribution >= 4 is 0 Å². The summed E-state index contributed by atoms with van der Waals surface area (Å²) in [6.07, 6.45) is -2.44. The van der Waals surface area contributed by atoms with E-state index < -0.39 is 12.7 Å². The second-order valence-electron chi connectivity index (χ2n) is 3.65. The largest absolute Gasteiger partial charge is 0.401 e. The fourth-order valence-corrected chi connectivity index (χ4v) is 1.28. The lowest BCUT2D eigenvalue weighted by molar-refractivity contribution is -0.143. The van der Waals surface area contributed by atoms with E-state index in [2.05, 4.69) is 0 Å². The third-order valence-electron chi connectivity index (χ3n) is 2.28. The second kappa shape index (κ2) is 6.24. The molecule has 0 radical (unpaired) electrons. The van der Waals surface area contributed by atoms with Crippen LogP contribution in [0.5, 0.6) is 0 Å². The van der Waals surface area contributed by atoms with Crippen LogP contribution in [0.4, 0.5) is 13.2 Å². The van der Waals surface area contributed by atoms with Crippen molar-refractivity contribution in [2.45, 2.75) is 25.9 Å². The molecule has 0 aromatic rings. The van der Waals surface area contributed by atoms with E-state index in [1.165, 1.54) is 11.9 Å². The molecule has 0 amide bonds. The van der Waals surface area contributed by atoms with Crippen LogP contribution < -0.4 is 5.73 Å². The summed E-state index contributed by atoms with van der Waals surface area (Å²) in [5.74, 6) is 0.339. The average Bonchev–Trinajstić information content (AvgIpc) is 2.03. The van der Waals surface area contributed by atoms with Gasteiger partial charge in [0.25, 0.3) is 0 Å². The molecule has 0 bridgehead atoms. The lowest BCUT2D eigenvalue weighted by Crippen LogP contribution is -2.33. The van der Waals surface area contributed by atoms with Crippen LogP contribution in [-0.4, -0.2) is 37.8 Å². The third kappa shape index (κ3) is 7.15. The molecule has 0 aliphatic carbocycles. The van der Waals surface area contributed by atoms with Crippen LogP contribution in [0.25, 0.3) is 0 Å². The zero-order valence-electron chi connectivity index (χ0n) is 8.77. The van der Waals surface area contributed by atoms with E-state index in [0.717, 1.165) is 12.8 Å². The SMILES string of the molecule is CCC(CN)CCN(C)CC(F)(F)F. The molecule has 0 spiro atoms. The molecule has 0 heterocycles. The first-order valence-corrected chi connectivity index (χ1v) is 4.84. The number of hydrogen-bond acceptors (Lipinski definition) is 2.